The molecule has 0 saturated carbocycles. The molecular weight excluding hydrogens is 430 g/mol. The Morgan fingerprint density at radius 2 is 1.70 bits per heavy atom. The molecule has 0 aliphatic carbocycles. The predicted octanol–water partition coefficient (Wildman–Crippen LogP) is -2.56. The summed E-state index contributed by atoms with van der Waals surface area (Å²) in [7, 11) is 30.7. The summed E-state index contributed by atoms with van der Waals surface area (Å²) < 4.78 is 1.41. The van der Waals surface area contributed by atoms with Crippen LogP contribution >= 0.6 is 11.6 Å². The van der Waals surface area contributed by atoms with E-state index in [1.807, 2.05) is 13.0 Å². The molecule has 4 aromatic rings. The molecule has 14 heteroatoms. The van der Waals surface area contributed by atoms with Gasteiger partial charge in [-0.3, -0.25) is 0 Å². The van der Waals surface area contributed by atoms with Crippen LogP contribution in [0.5, 0.6) is 0 Å². The fourth-order valence-corrected chi connectivity index (χ4v) is 3.60. The molecule has 3 N–H and O–H groups in total. The average Bonchev–Trinajstić information content (AvgIpc) is 3.16. The number of anilines is 2. The minimum atomic E-state index is -0.492. The quantitative estimate of drug-likeness (QED) is 0.336. The maximum Gasteiger partial charge on any atom is 0.155 e. The van der Waals surface area contributed by atoms with E-state index in [4.69, 9.17) is 56.6 Å². The zero-order valence-corrected chi connectivity index (χ0v) is 18.1. The third-order valence-electron chi connectivity index (χ3n) is 5.23. The Bertz CT molecular complexity index is 1440. The van der Waals surface area contributed by atoms with Gasteiger partial charge in [0, 0.05) is 5.56 Å². The van der Waals surface area contributed by atoms with Gasteiger partial charge in [0.25, 0.3) is 0 Å². The van der Waals surface area contributed by atoms with Gasteiger partial charge in [0.05, 0.1) is 17.9 Å². The first-order valence-electron chi connectivity index (χ1n) is 9.48. The van der Waals surface area contributed by atoms with Crippen LogP contribution in [0.15, 0.2) is 18.6 Å². The summed E-state index contributed by atoms with van der Waals surface area (Å²) in [6.45, 7) is 1.82. The van der Waals surface area contributed by atoms with Crippen LogP contribution in [0.25, 0.3) is 16.9 Å². The zero-order valence-electron chi connectivity index (χ0n) is 17.3. The Balaban J connectivity index is 1.97. The minimum Gasteiger partial charge on any atom is -0.382 e. The highest BCUT2D eigenvalue weighted by Crippen LogP contribution is 2.29. The molecule has 0 saturated heterocycles. The molecule has 8 nitrogen and oxygen atoms in total. The van der Waals surface area contributed by atoms with Crippen molar-refractivity contribution in [3.8, 4) is 17.3 Å². The number of hydrogen-bond acceptors (Lipinski definition) is 7. The Morgan fingerprint density at radius 1 is 1.06 bits per heavy atom. The zero-order chi connectivity index (χ0) is 24.0. The summed E-state index contributed by atoms with van der Waals surface area (Å²) in [5, 5.41) is 17.5. The summed E-state index contributed by atoms with van der Waals surface area (Å²) >= 11 is 6.24. The van der Waals surface area contributed by atoms with E-state index in [2.05, 4.69) is 25.4 Å². The Hall–Kier alpha value is -3.38. The lowest BCUT2D eigenvalue weighted by Gasteiger charge is -2.24. The van der Waals surface area contributed by atoms with E-state index in [0.717, 1.165) is 0 Å². The van der Waals surface area contributed by atoms with Crippen molar-refractivity contribution in [2.24, 2.45) is 0 Å². The molecule has 33 heavy (non-hydrogen) atoms. The number of halogens is 1. The maximum atomic E-state index is 9.46. The predicted molar refractivity (Wildman–Crippen MR) is 134 cm³/mol. The van der Waals surface area contributed by atoms with Gasteiger partial charge in [-0.1, -0.05) is 22.5 Å². The van der Waals surface area contributed by atoms with E-state index in [1.165, 1.54) is 17.0 Å². The van der Waals surface area contributed by atoms with E-state index < -0.39 is 6.04 Å². The number of imidazole rings is 1. The first-order valence-corrected chi connectivity index (χ1v) is 9.86. The molecule has 148 valence electrons. The third-order valence-corrected chi connectivity index (χ3v) is 5.48. The van der Waals surface area contributed by atoms with Crippen LogP contribution in [-0.4, -0.2) is 63.8 Å². The monoisotopic (exact) mass is 440 g/mol. The molecule has 0 amide bonds. The summed E-state index contributed by atoms with van der Waals surface area (Å²) in [5.41, 5.74) is 8.04. The van der Waals surface area contributed by atoms with Crippen molar-refractivity contribution in [3.05, 3.63) is 34.9 Å². The average molecular weight is 440 g/mol. The van der Waals surface area contributed by atoms with Gasteiger partial charge in [0.15, 0.2) is 10.8 Å². The fourth-order valence-electron chi connectivity index (χ4n) is 3.43. The molecule has 1 atom stereocenters. The summed E-state index contributed by atoms with van der Waals surface area (Å²) in [6.07, 6.45) is 2.70. The standard InChI is InChI=1S/C19H10B5ClN8/c1-6(31-19-8(3-26)18(27)29-5-30-19)7-2-10-28-4-9(25)33(10)32-17(7)11-12(20)14(22)16(24)15(23)13(11)21/h2,4-6H,1H3,(H3,27,29,30,31). The van der Waals surface area contributed by atoms with Crippen LogP contribution in [0.4, 0.5) is 11.6 Å². The van der Waals surface area contributed by atoms with Gasteiger partial charge in [0.1, 0.15) is 68.8 Å². The highest BCUT2D eigenvalue weighted by Gasteiger charge is 2.22. The highest BCUT2D eigenvalue weighted by atomic mass is 35.5. The van der Waals surface area contributed by atoms with Crippen molar-refractivity contribution >= 4 is 95.4 Å². The van der Waals surface area contributed by atoms with Gasteiger partial charge in [-0.25, -0.2) is 19.5 Å². The number of aromatic nitrogens is 5. The molecule has 10 radical (unpaired) electrons. The molecule has 1 aromatic carbocycles. The van der Waals surface area contributed by atoms with Crippen LogP contribution in [0, 0.1) is 11.3 Å². The summed E-state index contributed by atoms with van der Waals surface area (Å²) in [6, 6.07) is 3.24. The smallest absolute Gasteiger partial charge is 0.155 e. The minimum absolute atomic E-state index is 0.0450. The number of nitrogens with two attached hydrogens (primary N) is 1. The number of hydrogen-bond donors (Lipinski definition) is 2. The largest absolute Gasteiger partial charge is 0.382 e. The number of nitrogen functional groups attached to an aromatic ring is 1. The maximum absolute atomic E-state index is 9.46. The number of nitrogens with zero attached hydrogens (tertiary/aromatic N) is 6. The topological polar surface area (TPSA) is 118 Å². The normalized spacial score (nSPS) is 11.9. The number of rotatable bonds is 4. The van der Waals surface area contributed by atoms with Crippen LogP contribution in [0.2, 0.25) is 5.15 Å². The van der Waals surface area contributed by atoms with E-state index in [-0.39, 0.29) is 55.2 Å². The Labute approximate surface area is 201 Å². The van der Waals surface area contributed by atoms with Gasteiger partial charge < -0.3 is 11.1 Å². The van der Waals surface area contributed by atoms with Gasteiger partial charge in [-0.15, -0.1) is 16.4 Å². The molecular formula is C19H10B5ClN8. The van der Waals surface area contributed by atoms with Crippen molar-refractivity contribution in [1.29, 1.82) is 5.26 Å². The molecule has 0 aliphatic rings. The lowest BCUT2D eigenvalue weighted by Crippen LogP contribution is -2.55. The lowest BCUT2D eigenvalue weighted by atomic mass is 9.60. The van der Waals surface area contributed by atoms with Crippen molar-refractivity contribution in [1.82, 2.24) is 24.6 Å². The molecule has 0 aliphatic heterocycles. The lowest BCUT2D eigenvalue weighted by molar-refractivity contribution is 0.841. The number of benzene rings is 1. The van der Waals surface area contributed by atoms with Crippen molar-refractivity contribution in [2.45, 2.75) is 13.0 Å². The van der Waals surface area contributed by atoms with Gasteiger partial charge in [-0.2, -0.15) is 10.4 Å². The van der Waals surface area contributed by atoms with Gasteiger partial charge in [0.2, 0.25) is 0 Å². The molecule has 1 unspecified atom stereocenters. The van der Waals surface area contributed by atoms with Crippen molar-refractivity contribution in [2.75, 3.05) is 11.1 Å². The number of nitrogens with one attached hydrogen (secondary N) is 1. The first-order chi connectivity index (χ1) is 15.6. The van der Waals surface area contributed by atoms with Crippen molar-refractivity contribution in [3.63, 3.8) is 0 Å². The van der Waals surface area contributed by atoms with Crippen LogP contribution in [0.3, 0.4) is 0 Å². The van der Waals surface area contributed by atoms with Gasteiger partial charge in [-0.05, 0) is 18.6 Å². The van der Waals surface area contributed by atoms with Gasteiger partial charge >= 0.3 is 0 Å². The molecule has 4 rings (SSSR count). The molecule has 3 heterocycles. The summed E-state index contributed by atoms with van der Waals surface area (Å²) in [4.78, 5) is 12.2. The number of fused-ring (bicyclic) bond motifs is 1. The van der Waals surface area contributed by atoms with E-state index in [9.17, 15) is 5.26 Å². The highest BCUT2D eigenvalue weighted by molar-refractivity contribution is 6.68. The van der Waals surface area contributed by atoms with Crippen LogP contribution in [0.1, 0.15) is 24.1 Å². The fraction of sp³-hybridized carbons (Fsp3) is 0.105. The second kappa shape index (κ2) is 8.52. The molecule has 0 fully saturated rings. The SMILES string of the molecule is [B]c1c([B])c([B])c(-c2nn3c(Cl)cnc3cc2C(C)Nc2ncnc(N)c2C#N)c([B])c1[B]. The molecule has 0 bridgehead atoms. The molecule has 3 aromatic heterocycles. The van der Waals surface area contributed by atoms with E-state index in [0.29, 0.717) is 16.9 Å². The van der Waals surface area contributed by atoms with E-state index >= 15 is 0 Å². The molecule has 0 spiro atoms. The second-order valence-electron chi connectivity index (χ2n) is 7.20. The number of nitriles is 1. The Kier molecular flexibility index (Phi) is 5.89. The Morgan fingerprint density at radius 3 is 2.33 bits per heavy atom. The van der Waals surface area contributed by atoms with Crippen LogP contribution < -0.4 is 38.4 Å². The summed E-state index contributed by atoms with van der Waals surface area (Å²) in [5.74, 6) is 0.283. The third kappa shape index (κ3) is 3.74. The first kappa shape index (κ1) is 22.8. The van der Waals surface area contributed by atoms with E-state index in [1.54, 1.807) is 6.07 Å². The second-order valence-corrected chi connectivity index (χ2v) is 7.59. The van der Waals surface area contributed by atoms with Crippen LogP contribution in [-0.2, 0) is 0 Å². The van der Waals surface area contributed by atoms with Crippen molar-refractivity contribution < 1.29 is 0 Å².